The second-order valence-electron chi connectivity index (χ2n) is 8.64. The lowest BCUT2D eigenvalue weighted by Gasteiger charge is -2.08. The minimum atomic E-state index is -0.581. The minimum absolute atomic E-state index is 0.00835. The zero-order chi connectivity index (χ0) is 25.5. The first kappa shape index (κ1) is 24.9. The van der Waals surface area contributed by atoms with E-state index in [9.17, 15) is 14.9 Å². The Bertz CT molecular complexity index is 1250. The predicted octanol–water partition coefficient (Wildman–Crippen LogP) is 5.56. The third-order valence-electron chi connectivity index (χ3n) is 6.30. The first-order valence-corrected chi connectivity index (χ1v) is 11.8. The van der Waals surface area contributed by atoms with Crippen molar-refractivity contribution >= 4 is 17.8 Å². The highest BCUT2D eigenvalue weighted by Gasteiger charge is 2.25. The van der Waals surface area contributed by atoms with Gasteiger partial charge in [-0.05, 0) is 60.7 Å². The Labute approximate surface area is 209 Å². The van der Waals surface area contributed by atoms with Crippen LogP contribution in [0.4, 0.5) is 5.88 Å². The molecule has 0 saturated heterocycles. The van der Waals surface area contributed by atoms with Gasteiger partial charge in [0.25, 0.3) is 5.91 Å². The molecule has 8 heteroatoms. The maximum absolute atomic E-state index is 12.6. The topological polar surface area (TPSA) is 111 Å². The van der Waals surface area contributed by atoms with Crippen molar-refractivity contribution in [3.8, 4) is 40.0 Å². The molecule has 0 atom stereocenters. The Morgan fingerprint density at radius 1 is 0.972 bits per heavy atom. The number of anilines is 1. The SMILES string of the molecule is COc1ccc(-c2oc(NC(=O)COC(=O)CC3CCCC3)c(C#N)c2-c2ccc(OC)cc2)cc1. The zero-order valence-electron chi connectivity index (χ0n) is 20.3. The summed E-state index contributed by atoms with van der Waals surface area (Å²) in [5.41, 5.74) is 2.10. The van der Waals surface area contributed by atoms with E-state index in [0.29, 0.717) is 46.3 Å². The second kappa shape index (κ2) is 11.5. The van der Waals surface area contributed by atoms with Crippen LogP contribution in [0.5, 0.6) is 11.5 Å². The van der Waals surface area contributed by atoms with Crippen LogP contribution in [-0.4, -0.2) is 32.7 Å². The number of hydrogen-bond acceptors (Lipinski definition) is 7. The van der Waals surface area contributed by atoms with E-state index in [2.05, 4.69) is 11.4 Å². The number of carbonyl (C=O) groups excluding carboxylic acids is 2. The van der Waals surface area contributed by atoms with E-state index >= 15 is 0 Å². The lowest BCUT2D eigenvalue weighted by Crippen LogP contribution is -2.21. The van der Waals surface area contributed by atoms with E-state index in [-0.39, 0.29) is 11.4 Å². The molecule has 0 aliphatic heterocycles. The number of hydrogen-bond donors (Lipinski definition) is 1. The van der Waals surface area contributed by atoms with Crippen molar-refractivity contribution < 1.29 is 28.2 Å². The highest BCUT2D eigenvalue weighted by atomic mass is 16.5. The molecular weight excluding hydrogens is 460 g/mol. The Morgan fingerprint density at radius 2 is 1.56 bits per heavy atom. The molecular formula is C28H28N2O6. The Kier molecular flexibility index (Phi) is 7.91. The fraction of sp³-hybridized carbons (Fsp3) is 0.321. The van der Waals surface area contributed by atoms with Crippen LogP contribution in [0.25, 0.3) is 22.5 Å². The van der Waals surface area contributed by atoms with Gasteiger partial charge in [0.2, 0.25) is 5.88 Å². The van der Waals surface area contributed by atoms with Gasteiger partial charge in [-0.1, -0.05) is 25.0 Å². The lowest BCUT2D eigenvalue weighted by molar-refractivity contribution is -0.148. The van der Waals surface area contributed by atoms with Gasteiger partial charge in [0.15, 0.2) is 6.61 Å². The lowest BCUT2D eigenvalue weighted by atomic mass is 9.98. The molecule has 1 fully saturated rings. The van der Waals surface area contributed by atoms with Gasteiger partial charge in [-0.2, -0.15) is 5.26 Å². The number of nitriles is 1. The molecule has 1 saturated carbocycles. The first-order valence-electron chi connectivity index (χ1n) is 11.8. The zero-order valence-corrected chi connectivity index (χ0v) is 20.3. The second-order valence-corrected chi connectivity index (χ2v) is 8.64. The molecule has 36 heavy (non-hydrogen) atoms. The van der Waals surface area contributed by atoms with E-state index < -0.39 is 18.5 Å². The summed E-state index contributed by atoms with van der Waals surface area (Å²) in [5, 5.41) is 12.6. The molecule has 4 rings (SSSR count). The van der Waals surface area contributed by atoms with Crippen molar-refractivity contribution in [3.63, 3.8) is 0 Å². The number of methoxy groups -OCH3 is 2. The van der Waals surface area contributed by atoms with Crippen LogP contribution >= 0.6 is 0 Å². The molecule has 2 aromatic carbocycles. The number of carbonyl (C=O) groups is 2. The molecule has 1 heterocycles. The summed E-state index contributed by atoms with van der Waals surface area (Å²) in [7, 11) is 3.15. The summed E-state index contributed by atoms with van der Waals surface area (Å²) in [6.45, 7) is -0.452. The number of benzene rings is 2. The van der Waals surface area contributed by atoms with Gasteiger partial charge in [0, 0.05) is 17.5 Å². The van der Waals surface area contributed by atoms with Crippen LogP contribution < -0.4 is 14.8 Å². The Morgan fingerprint density at radius 3 is 2.11 bits per heavy atom. The van der Waals surface area contributed by atoms with Crippen molar-refractivity contribution in [2.75, 3.05) is 26.1 Å². The van der Waals surface area contributed by atoms with E-state index in [0.717, 1.165) is 25.7 Å². The minimum Gasteiger partial charge on any atom is -0.497 e. The monoisotopic (exact) mass is 488 g/mol. The van der Waals surface area contributed by atoms with Gasteiger partial charge in [-0.3, -0.25) is 14.9 Å². The van der Waals surface area contributed by atoms with Gasteiger partial charge in [0.1, 0.15) is 28.9 Å². The van der Waals surface area contributed by atoms with E-state index in [1.807, 2.05) is 24.3 Å². The standard InChI is InChI=1S/C28H28N2O6/c1-33-21-11-7-19(8-12-21)26-23(16-29)28(36-27(26)20-9-13-22(34-2)14-10-20)30-24(31)17-35-25(32)15-18-5-3-4-6-18/h7-14,18H,3-6,15,17H2,1-2H3,(H,30,31). The van der Waals surface area contributed by atoms with Gasteiger partial charge in [0.05, 0.1) is 14.2 Å². The van der Waals surface area contributed by atoms with Crippen LogP contribution in [0.15, 0.2) is 52.9 Å². The number of rotatable bonds is 9. The largest absolute Gasteiger partial charge is 0.497 e. The highest BCUT2D eigenvalue weighted by Crippen LogP contribution is 2.42. The van der Waals surface area contributed by atoms with Crippen LogP contribution in [0.3, 0.4) is 0 Å². The fourth-order valence-electron chi connectivity index (χ4n) is 4.42. The summed E-state index contributed by atoms with van der Waals surface area (Å²) in [4.78, 5) is 24.7. The van der Waals surface area contributed by atoms with Crippen molar-refractivity contribution in [2.24, 2.45) is 5.92 Å². The Hall–Kier alpha value is -4.25. The number of amides is 1. The molecule has 1 aliphatic rings. The first-order chi connectivity index (χ1) is 17.5. The number of nitrogens with zero attached hydrogens (tertiary/aromatic N) is 1. The third-order valence-corrected chi connectivity index (χ3v) is 6.30. The summed E-state index contributed by atoms with van der Waals surface area (Å²) in [6.07, 6.45) is 4.60. The average Bonchev–Trinajstić information content (AvgIpc) is 3.55. The molecule has 0 bridgehead atoms. The van der Waals surface area contributed by atoms with E-state index in [1.54, 1.807) is 38.5 Å². The molecule has 186 valence electrons. The van der Waals surface area contributed by atoms with Crippen LogP contribution in [0, 0.1) is 17.2 Å². The predicted molar refractivity (Wildman–Crippen MR) is 134 cm³/mol. The Balaban J connectivity index is 1.59. The van der Waals surface area contributed by atoms with Crippen LogP contribution in [-0.2, 0) is 14.3 Å². The molecule has 0 unspecified atom stereocenters. The van der Waals surface area contributed by atoms with E-state index in [4.69, 9.17) is 18.6 Å². The fourth-order valence-corrected chi connectivity index (χ4v) is 4.42. The maximum atomic E-state index is 12.6. The maximum Gasteiger partial charge on any atom is 0.306 e. The molecule has 1 aliphatic carbocycles. The summed E-state index contributed by atoms with van der Waals surface area (Å²) in [5.74, 6) is 1.09. The summed E-state index contributed by atoms with van der Waals surface area (Å²) >= 11 is 0. The molecule has 8 nitrogen and oxygen atoms in total. The summed E-state index contributed by atoms with van der Waals surface area (Å²) in [6, 6.07) is 16.5. The third kappa shape index (κ3) is 5.69. The number of furan rings is 1. The van der Waals surface area contributed by atoms with Crippen LogP contribution in [0.2, 0.25) is 0 Å². The average molecular weight is 489 g/mol. The van der Waals surface area contributed by atoms with Crippen molar-refractivity contribution in [1.82, 2.24) is 0 Å². The van der Waals surface area contributed by atoms with Crippen LogP contribution in [0.1, 0.15) is 37.7 Å². The van der Waals surface area contributed by atoms with Crippen molar-refractivity contribution in [1.29, 1.82) is 5.26 Å². The normalized spacial score (nSPS) is 13.1. The summed E-state index contributed by atoms with van der Waals surface area (Å²) < 4.78 is 21.7. The van der Waals surface area contributed by atoms with Gasteiger partial charge in [-0.15, -0.1) is 0 Å². The molecule has 1 amide bonds. The molecule has 3 aromatic rings. The van der Waals surface area contributed by atoms with Gasteiger partial charge < -0.3 is 18.6 Å². The molecule has 1 N–H and O–H groups in total. The number of ether oxygens (including phenoxy) is 3. The quantitative estimate of drug-likeness (QED) is 0.392. The van der Waals surface area contributed by atoms with Crippen molar-refractivity contribution in [3.05, 3.63) is 54.1 Å². The number of nitrogens with one attached hydrogen (secondary N) is 1. The smallest absolute Gasteiger partial charge is 0.306 e. The van der Waals surface area contributed by atoms with Crippen molar-refractivity contribution in [2.45, 2.75) is 32.1 Å². The number of esters is 1. The van der Waals surface area contributed by atoms with Gasteiger partial charge in [-0.25, -0.2) is 0 Å². The highest BCUT2D eigenvalue weighted by molar-refractivity contribution is 5.96. The van der Waals surface area contributed by atoms with Gasteiger partial charge >= 0.3 is 5.97 Å². The van der Waals surface area contributed by atoms with E-state index in [1.165, 1.54) is 0 Å². The molecule has 1 aromatic heterocycles. The molecule has 0 radical (unpaired) electrons. The molecule has 0 spiro atoms.